The molecule has 3 heteroatoms. The first-order chi connectivity index (χ1) is 7.72. The molecule has 1 aromatic carbocycles. The van der Waals surface area contributed by atoms with E-state index in [1.165, 1.54) is 11.3 Å². The number of hydrogen-bond donors (Lipinski definition) is 1. The lowest BCUT2D eigenvalue weighted by Crippen LogP contribution is -2.23. The summed E-state index contributed by atoms with van der Waals surface area (Å²) in [6, 6.07) is 8.59. The molecule has 0 fully saturated rings. The highest BCUT2D eigenvalue weighted by Gasteiger charge is 2.27. The van der Waals surface area contributed by atoms with E-state index in [1.807, 2.05) is 0 Å². The van der Waals surface area contributed by atoms with Gasteiger partial charge in [-0.1, -0.05) is 40.7 Å². The normalized spacial score (nSPS) is 18.6. The van der Waals surface area contributed by atoms with Gasteiger partial charge in [-0.3, -0.25) is 0 Å². The van der Waals surface area contributed by atoms with Gasteiger partial charge in [0.15, 0.2) is 0 Å². The third kappa shape index (κ3) is 2.30. The highest BCUT2D eigenvalue weighted by Crippen LogP contribution is 2.38. The summed E-state index contributed by atoms with van der Waals surface area (Å²) in [5.74, 6) is 0.577. The molecular formula is C13H17BrN2. The topological polar surface area (TPSA) is 29.3 Å². The Kier molecular flexibility index (Phi) is 3.66. The standard InChI is InChI=1S/C13H17BrN2/c1-10(14)8-16-9-11(6-7-15)12-4-2-3-5-13(12)16/h2-5,11H,1,6-9,15H2. The third-order valence-electron chi connectivity index (χ3n) is 3.04. The fourth-order valence-electron chi connectivity index (χ4n) is 2.39. The number of benzene rings is 1. The maximum absolute atomic E-state index is 5.67. The van der Waals surface area contributed by atoms with E-state index in [2.05, 4.69) is 51.7 Å². The van der Waals surface area contributed by atoms with Gasteiger partial charge in [0.25, 0.3) is 0 Å². The van der Waals surface area contributed by atoms with E-state index in [0.29, 0.717) is 5.92 Å². The van der Waals surface area contributed by atoms with Crippen molar-refractivity contribution in [3.63, 3.8) is 0 Å². The summed E-state index contributed by atoms with van der Waals surface area (Å²) in [5, 5.41) is 0. The molecule has 1 aromatic rings. The molecular weight excluding hydrogens is 264 g/mol. The Balaban J connectivity index is 2.24. The first-order valence-corrected chi connectivity index (χ1v) is 6.39. The monoisotopic (exact) mass is 280 g/mol. The van der Waals surface area contributed by atoms with Crippen LogP contribution in [0.25, 0.3) is 0 Å². The Labute approximate surface area is 105 Å². The van der Waals surface area contributed by atoms with Gasteiger partial charge < -0.3 is 10.6 Å². The first-order valence-electron chi connectivity index (χ1n) is 5.59. The van der Waals surface area contributed by atoms with E-state index in [1.54, 1.807) is 0 Å². The van der Waals surface area contributed by atoms with Gasteiger partial charge in [0.1, 0.15) is 0 Å². The second-order valence-corrected chi connectivity index (χ2v) is 5.35. The van der Waals surface area contributed by atoms with Crippen LogP contribution in [-0.4, -0.2) is 19.6 Å². The summed E-state index contributed by atoms with van der Waals surface area (Å²) >= 11 is 3.43. The Morgan fingerprint density at radius 1 is 1.50 bits per heavy atom. The van der Waals surface area contributed by atoms with Crippen molar-refractivity contribution in [3.05, 3.63) is 40.9 Å². The van der Waals surface area contributed by atoms with Gasteiger partial charge in [-0.2, -0.15) is 0 Å². The summed E-state index contributed by atoms with van der Waals surface area (Å²) in [7, 11) is 0. The van der Waals surface area contributed by atoms with E-state index in [0.717, 1.165) is 30.5 Å². The molecule has 1 unspecified atom stereocenters. The number of hydrogen-bond acceptors (Lipinski definition) is 2. The van der Waals surface area contributed by atoms with Crippen LogP contribution in [0.4, 0.5) is 5.69 Å². The molecule has 0 aliphatic carbocycles. The van der Waals surface area contributed by atoms with Crippen LogP contribution < -0.4 is 10.6 Å². The van der Waals surface area contributed by atoms with Crippen molar-refractivity contribution in [1.29, 1.82) is 0 Å². The van der Waals surface area contributed by atoms with Gasteiger partial charge in [-0.05, 0) is 24.6 Å². The maximum Gasteiger partial charge on any atom is 0.0489 e. The Bertz CT molecular complexity index is 389. The van der Waals surface area contributed by atoms with Crippen LogP contribution in [0.3, 0.4) is 0 Å². The van der Waals surface area contributed by atoms with Crippen molar-refractivity contribution in [2.24, 2.45) is 5.73 Å². The Morgan fingerprint density at radius 3 is 2.94 bits per heavy atom. The molecule has 0 radical (unpaired) electrons. The third-order valence-corrected chi connectivity index (χ3v) is 3.29. The van der Waals surface area contributed by atoms with E-state index in [-0.39, 0.29) is 0 Å². The smallest absolute Gasteiger partial charge is 0.0489 e. The van der Waals surface area contributed by atoms with Crippen molar-refractivity contribution in [1.82, 2.24) is 0 Å². The lowest BCUT2D eigenvalue weighted by molar-refractivity contribution is 0.655. The summed E-state index contributed by atoms with van der Waals surface area (Å²) in [5.41, 5.74) is 8.43. The minimum atomic E-state index is 0.577. The molecule has 1 atom stereocenters. The zero-order valence-corrected chi connectivity index (χ0v) is 10.9. The van der Waals surface area contributed by atoms with Crippen molar-refractivity contribution in [2.45, 2.75) is 12.3 Å². The fraction of sp³-hybridized carbons (Fsp3) is 0.385. The molecule has 0 saturated carbocycles. The average Bonchev–Trinajstić information content (AvgIpc) is 2.58. The lowest BCUT2D eigenvalue weighted by atomic mass is 9.98. The summed E-state index contributed by atoms with van der Waals surface area (Å²) < 4.78 is 1.02. The molecule has 1 aliphatic heterocycles. The van der Waals surface area contributed by atoms with Crippen molar-refractivity contribution in [3.8, 4) is 0 Å². The lowest BCUT2D eigenvalue weighted by Gasteiger charge is -2.19. The predicted molar refractivity (Wildman–Crippen MR) is 73.1 cm³/mol. The van der Waals surface area contributed by atoms with E-state index < -0.39 is 0 Å². The number of nitrogens with two attached hydrogens (primary N) is 1. The number of anilines is 1. The minimum Gasteiger partial charge on any atom is -0.366 e. The molecule has 0 saturated heterocycles. The molecule has 0 spiro atoms. The Hall–Kier alpha value is -0.800. The first kappa shape index (κ1) is 11.7. The quantitative estimate of drug-likeness (QED) is 0.919. The molecule has 0 amide bonds. The minimum absolute atomic E-state index is 0.577. The fourth-order valence-corrected chi connectivity index (χ4v) is 2.69. The van der Waals surface area contributed by atoms with Gasteiger partial charge in [-0.15, -0.1) is 0 Å². The van der Waals surface area contributed by atoms with Gasteiger partial charge in [0.05, 0.1) is 0 Å². The van der Waals surface area contributed by atoms with Crippen LogP contribution in [0.1, 0.15) is 17.9 Å². The highest BCUT2D eigenvalue weighted by molar-refractivity contribution is 9.11. The zero-order chi connectivity index (χ0) is 11.5. The molecule has 1 aliphatic rings. The molecule has 0 aromatic heterocycles. The summed E-state index contributed by atoms with van der Waals surface area (Å²) in [4.78, 5) is 2.37. The zero-order valence-electron chi connectivity index (χ0n) is 9.32. The van der Waals surface area contributed by atoms with E-state index in [4.69, 9.17) is 5.73 Å². The summed E-state index contributed by atoms with van der Waals surface area (Å²) in [6.07, 6.45) is 1.06. The Morgan fingerprint density at radius 2 is 2.25 bits per heavy atom. The highest BCUT2D eigenvalue weighted by atomic mass is 79.9. The van der Waals surface area contributed by atoms with Crippen molar-refractivity contribution < 1.29 is 0 Å². The molecule has 2 rings (SSSR count). The van der Waals surface area contributed by atoms with Crippen LogP contribution >= 0.6 is 15.9 Å². The van der Waals surface area contributed by atoms with E-state index >= 15 is 0 Å². The number of para-hydroxylation sites is 1. The molecule has 16 heavy (non-hydrogen) atoms. The molecule has 86 valence electrons. The second-order valence-electron chi connectivity index (χ2n) is 4.23. The average molecular weight is 281 g/mol. The number of halogens is 1. The van der Waals surface area contributed by atoms with Gasteiger partial charge in [0.2, 0.25) is 0 Å². The second kappa shape index (κ2) is 5.02. The number of rotatable bonds is 4. The molecule has 1 heterocycles. The van der Waals surface area contributed by atoms with Crippen LogP contribution in [0, 0.1) is 0 Å². The number of nitrogens with zero attached hydrogens (tertiary/aromatic N) is 1. The van der Waals surface area contributed by atoms with Gasteiger partial charge >= 0.3 is 0 Å². The summed E-state index contributed by atoms with van der Waals surface area (Å²) in [6.45, 7) is 6.59. The van der Waals surface area contributed by atoms with Gasteiger partial charge in [0, 0.05) is 29.2 Å². The predicted octanol–water partition coefficient (Wildman–Crippen LogP) is 2.85. The SMILES string of the molecule is C=C(Br)CN1CC(CCN)c2ccccc21. The van der Waals surface area contributed by atoms with E-state index in [9.17, 15) is 0 Å². The molecule has 2 N–H and O–H groups in total. The van der Waals surface area contributed by atoms with Crippen LogP contribution in [-0.2, 0) is 0 Å². The largest absolute Gasteiger partial charge is 0.366 e. The molecule has 0 bridgehead atoms. The van der Waals surface area contributed by atoms with Crippen LogP contribution in [0.15, 0.2) is 35.3 Å². The van der Waals surface area contributed by atoms with Crippen LogP contribution in [0.5, 0.6) is 0 Å². The van der Waals surface area contributed by atoms with Gasteiger partial charge in [-0.25, -0.2) is 0 Å². The number of fused-ring (bicyclic) bond motifs is 1. The maximum atomic E-state index is 5.67. The van der Waals surface area contributed by atoms with Crippen molar-refractivity contribution in [2.75, 3.05) is 24.5 Å². The van der Waals surface area contributed by atoms with Crippen LogP contribution in [0.2, 0.25) is 0 Å². The molecule has 2 nitrogen and oxygen atoms in total. The van der Waals surface area contributed by atoms with Crippen molar-refractivity contribution >= 4 is 21.6 Å².